The summed E-state index contributed by atoms with van der Waals surface area (Å²) in [5.74, 6) is 1.26. The molecule has 0 radical (unpaired) electrons. The number of anilines is 4. The molecular formula is C26H22N6O. The molecule has 0 aliphatic heterocycles. The van der Waals surface area contributed by atoms with E-state index in [1.54, 1.807) is 0 Å². The number of nitrogen functional groups attached to an aromatic ring is 1. The number of pyridine rings is 1. The Kier molecular flexibility index (Phi) is 5.43. The van der Waals surface area contributed by atoms with Gasteiger partial charge in [0.15, 0.2) is 11.6 Å². The van der Waals surface area contributed by atoms with Gasteiger partial charge in [-0.1, -0.05) is 54.6 Å². The molecule has 33 heavy (non-hydrogen) atoms. The summed E-state index contributed by atoms with van der Waals surface area (Å²) >= 11 is 0. The van der Waals surface area contributed by atoms with E-state index in [1.165, 1.54) is 6.33 Å². The maximum atomic E-state index is 6.45. The molecule has 0 spiro atoms. The number of fused-ring (bicyclic) bond motifs is 1. The molecule has 0 aliphatic rings. The largest absolute Gasteiger partial charge is 0.435 e. The topological polar surface area (TPSA) is 89.2 Å². The first kappa shape index (κ1) is 20.3. The lowest BCUT2D eigenvalue weighted by molar-refractivity contribution is 0.468. The van der Waals surface area contributed by atoms with E-state index in [0.29, 0.717) is 17.3 Å². The summed E-state index contributed by atoms with van der Waals surface area (Å²) in [4.78, 5) is 13.3. The van der Waals surface area contributed by atoms with Crippen molar-refractivity contribution in [2.24, 2.45) is 0 Å². The molecule has 0 amide bonds. The number of ether oxygens (including phenoxy) is 1. The summed E-state index contributed by atoms with van der Waals surface area (Å²) in [6, 6.07) is 29.6. The van der Waals surface area contributed by atoms with Crippen LogP contribution in [0.1, 0.15) is 5.69 Å². The van der Waals surface area contributed by atoms with E-state index >= 15 is 0 Å². The van der Waals surface area contributed by atoms with Crippen molar-refractivity contribution in [2.45, 2.75) is 6.92 Å². The lowest BCUT2D eigenvalue weighted by atomic mass is 10.2. The highest BCUT2D eigenvalue weighted by molar-refractivity contribution is 5.85. The summed E-state index contributed by atoms with van der Waals surface area (Å²) in [5, 5.41) is 2.88. The highest BCUT2D eigenvalue weighted by Gasteiger charge is 2.16. The quantitative estimate of drug-likeness (QED) is 0.323. The molecule has 5 rings (SSSR count). The molecule has 0 bridgehead atoms. The zero-order chi connectivity index (χ0) is 22.6. The number of hydrogen-bond acceptors (Lipinski definition) is 7. The number of aryl methyl sites for hydroxylation is 1. The number of hydrogen-bond donors (Lipinski definition) is 2. The predicted octanol–water partition coefficient (Wildman–Crippen LogP) is 5.87. The van der Waals surface area contributed by atoms with Crippen molar-refractivity contribution in [3.05, 3.63) is 103 Å². The molecule has 2 heterocycles. The monoisotopic (exact) mass is 434 g/mol. The van der Waals surface area contributed by atoms with E-state index in [1.807, 2.05) is 103 Å². The molecule has 7 nitrogen and oxygen atoms in total. The Hall–Kier alpha value is -4.65. The van der Waals surface area contributed by atoms with Crippen LogP contribution in [0.3, 0.4) is 0 Å². The number of nitrogens with two attached hydrogens (primary N) is 1. The van der Waals surface area contributed by atoms with Gasteiger partial charge in [-0.3, -0.25) is 10.4 Å². The summed E-state index contributed by atoms with van der Waals surface area (Å²) in [7, 11) is 0. The zero-order valence-corrected chi connectivity index (χ0v) is 18.0. The van der Waals surface area contributed by atoms with Gasteiger partial charge in [-0.15, -0.1) is 0 Å². The standard InChI is InChI=1S/C26H22N6O/c1-18-15-16-19-9-8-14-22(24(19)30-18)33-26-23(27)25(28-17-29-26)31-32(20-10-4-2-5-11-20)21-12-6-3-7-13-21/h2-17H,27H2,1H3,(H,28,29,31). The number of para-hydroxylation sites is 3. The molecule has 0 saturated heterocycles. The van der Waals surface area contributed by atoms with Crippen LogP contribution >= 0.6 is 0 Å². The maximum absolute atomic E-state index is 6.45. The summed E-state index contributed by atoms with van der Waals surface area (Å²) in [6.07, 6.45) is 1.42. The van der Waals surface area contributed by atoms with Crippen molar-refractivity contribution in [3.8, 4) is 11.6 Å². The van der Waals surface area contributed by atoms with Crippen LogP contribution < -0.4 is 20.9 Å². The van der Waals surface area contributed by atoms with Crippen molar-refractivity contribution in [1.82, 2.24) is 15.0 Å². The molecule has 162 valence electrons. The summed E-state index contributed by atoms with van der Waals surface area (Å²) in [6.45, 7) is 1.94. The van der Waals surface area contributed by atoms with Crippen LogP contribution in [0.25, 0.3) is 10.9 Å². The third-order valence-electron chi connectivity index (χ3n) is 5.12. The first-order valence-electron chi connectivity index (χ1n) is 10.5. The van der Waals surface area contributed by atoms with Crippen LogP contribution in [0.5, 0.6) is 11.6 Å². The minimum atomic E-state index is 0.254. The van der Waals surface area contributed by atoms with Gasteiger partial charge in [-0.05, 0) is 43.3 Å². The van der Waals surface area contributed by atoms with E-state index in [0.717, 1.165) is 28.0 Å². The van der Waals surface area contributed by atoms with Gasteiger partial charge < -0.3 is 10.5 Å². The minimum Gasteiger partial charge on any atom is -0.435 e. The maximum Gasteiger partial charge on any atom is 0.248 e. The van der Waals surface area contributed by atoms with Crippen molar-refractivity contribution < 1.29 is 4.74 Å². The van der Waals surface area contributed by atoms with Crippen LogP contribution in [0.15, 0.2) is 97.3 Å². The molecule has 2 aromatic heterocycles. The highest BCUT2D eigenvalue weighted by atomic mass is 16.5. The van der Waals surface area contributed by atoms with Gasteiger partial charge >= 0.3 is 0 Å². The van der Waals surface area contributed by atoms with Crippen molar-refractivity contribution >= 4 is 33.8 Å². The van der Waals surface area contributed by atoms with Crippen LogP contribution in [0.2, 0.25) is 0 Å². The number of benzene rings is 3. The molecule has 3 N–H and O–H groups in total. The molecule has 0 atom stereocenters. The Morgan fingerprint density at radius 2 is 1.48 bits per heavy atom. The predicted molar refractivity (Wildman–Crippen MR) is 132 cm³/mol. The number of hydrazine groups is 1. The molecular weight excluding hydrogens is 412 g/mol. The molecule has 5 aromatic rings. The Balaban J connectivity index is 1.50. The van der Waals surface area contributed by atoms with Gasteiger partial charge in [0.05, 0.1) is 11.4 Å². The Labute approximate surface area is 191 Å². The van der Waals surface area contributed by atoms with E-state index < -0.39 is 0 Å². The fraction of sp³-hybridized carbons (Fsp3) is 0.0385. The van der Waals surface area contributed by atoms with Crippen molar-refractivity contribution in [2.75, 3.05) is 16.2 Å². The van der Waals surface area contributed by atoms with Gasteiger partial charge in [-0.2, -0.15) is 4.98 Å². The SMILES string of the molecule is Cc1ccc2cccc(Oc3ncnc(NN(c4ccccc4)c4ccccc4)c3N)c2n1. The third-order valence-corrected chi connectivity index (χ3v) is 5.12. The van der Waals surface area contributed by atoms with Gasteiger partial charge in [0.25, 0.3) is 0 Å². The minimum absolute atomic E-state index is 0.254. The molecule has 7 heteroatoms. The van der Waals surface area contributed by atoms with Crippen LogP contribution in [0, 0.1) is 6.92 Å². The second-order valence-corrected chi connectivity index (χ2v) is 7.44. The fourth-order valence-corrected chi connectivity index (χ4v) is 3.49. The van der Waals surface area contributed by atoms with Gasteiger partial charge in [-0.25, -0.2) is 9.97 Å². The van der Waals surface area contributed by atoms with Crippen LogP contribution in [0.4, 0.5) is 22.9 Å². The smallest absolute Gasteiger partial charge is 0.248 e. The Bertz CT molecular complexity index is 1350. The van der Waals surface area contributed by atoms with Gasteiger partial charge in [0, 0.05) is 11.1 Å². The average Bonchev–Trinajstić information content (AvgIpc) is 2.86. The number of aromatic nitrogens is 3. The van der Waals surface area contributed by atoms with E-state index in [4.69, 9.17) is 10.5 Å². The molecule has 0 aliphatic carbocycles. The fourth-order valence-electron chi connectivity index (χ4n) is 3.49. The lowest BCUT2D eigenvalue weighted by Crippen LogP contribution is -2.25. The van der Waals surface area contributed by atoms with Gasteiger partial charge in [0.1, 0.15) is 17.5 Å². The molecule has 0 unspecified atom stereocenters. The molecule has 3 aromatic carbocycles. The summed E-state index contributed by atoms with van der Waals surface area (Å²) in [5.41, 5.74) is 13.6. The Morgan fingerprint density at radius 3 is 2.18 bits per heavy atom. The van der Waals surface area contributed by atoms with E-state index in [2.05, 4.69) is 20.4 Å². The second kappa shape index (κ2) is 8.84. The Morgan fingerprint density at radius 1 is 0.788 bits per heavy atom. The number of rotatable bonds is 6. The van der Waals surface area contributed by atoms with E-state index in [9.17, 15) is 0 Å². The molecule has 0 fully saturated rings. The van der Waals surface area contributed by atoms with E-state index in [-0.39, 0.29) is 5.88 Å². The first-order valence-corrected chi connectivity index (χ1v) is 10.5. The van der Waals surface area contributed by atoms with Crippen molar-refractivity contribution in [3.63, 3.8) is 0 Å². The zero-order valence-electron chi connectivity index (χ0n) is 18.0. The number of nitrogens with one attached hydrogen (secondary N) is 1. The van der Waals surface area contributed by atoms with Crippen LogP contribution in [-0.2, 0) is 0 Å². The second-order valence-electron chi connectivity index (χ2n) is 7.44. The third kappa shape index (κ3) is 4.24. The summed E-state index contributed by atoms with van der Waals surface area (Å²) < 4.78 is 6.11. The lowest BCUT2D eigenvalue weighted by Gasteiger charge is -2.26. The van der Waals surface area contributed by atoms with Crippen molar-refractivity contribution in [1.29, 1.82) is 0 Å². The number of nitrogens with zero attached hydrogens (tertiary/aromatic N) is 4. The molecule has 0 saturated carbocycles. The van der Waals surface area contributed by atoms with Gasteiger partial charge in [0.2, 0.25) is 5.88 Å². The average molecular weight is 435 g/mol. The highest BCUT2D eigenvalue weighted by Crippen LogP contribution is 2.34. The first-order chi connectivity index (χ1) is 16.2. The normalized spacial score (nSPS) is 10.7. The van der Waals surface area contributed by atoms with Crippen LogP contribution in [-0.4, -0.2) is 15.0 Å².